The van der Waals surface area contributed by atoms with E-state index in [1.807, 2.05) is 20.8 Å². The maximum Gasteiger partial charge on any atom is 1.00 e. The standard InChI is InChI=1S/C6H9.BF3.K/c1-5-6(2,3)4;2-1(3)4;/h2-4H3;;/q-1;;+1. The van der Waals surface area contributed by atoms with Gasteiger partial charge in [-0.3, -0.25) is 12.9 Å². The van der Waals surface area contributed by atoms with Crippen LogP contribution in [-0.2, 0) is 0 Å². The first-order valence-corrected chi connectivity index (χ1v) is 2.65. The van der Waals surface area contributed by atoms with Crippen LogP contribution in [-0.4, -0.2) is 7.54 Å². The summed E-state index contributed by atoms with van der Waals surface area (Å²) in [6.07, 6.45) is 6.60. The van der Waals surface area contributed by atoms with Crippen molar-refractivity contribution in [3.05, 3.63) is 6.42 Å². The third-order valence-electron chi connectivity index (χ3n) is 0.375. The van der Waals surface area contributed by atoms with Crippen LogP contribution in [0.15, 0.2) is 0 Å². The van der Waals surface area contributed by atoms with Gasteiger partial charge in [-0.05, 0) is 5.41 Å². The van der Waals surface area contributed by atoms with E-state index in [0.29, 0.717) is 0 Å². The normalized spacial score (nSPS) is 8.09. The predicted octanol–water partition coefficient (Wildman–Crippen LogP) is -0.494. The number of hydrogen-bond donors (Lipinski definition) is 0. The Hall–Kier alpha value is 1.05. The van der Waals surface area contributed by atoms with Crippen LogP contribution in [0, 0.1) is 17.8 Å². The minimum atomic E-state index is -3.67. The van der Waals surface area contributed by atoms with Gasteiger partial charge in [-0.25, -0.2) is 0 Å². The molecule has 0 aromatic rings. The molecule has 0 spiro atoms. The van der Waals surface area contributed by atoms with Crippen molar-refractivity contribution >= 4 is 7.54 Å². The van der Waals surface area contributed by atoms with Gasteiger partial charge in [0.2, 0.25) is 0 Å². The van der Waals surface area contributed by atoms with Crippen molar-refractivity contribution in [3.8, 4) is 5.92 Å². The van der Waals surface area contributed by atoms with E-state index in [4.69, 9.17) is 6.42 Å². The summed E-state index contributed by atoms with van der Waals surface area (Å²) in [5.74, 6) is 2.35. The summed E-state index contributed by atoms with van der Waals surface area (Å²) < 4.78 is 29.0. The summed E-state index contributed by atoms with van der Waals surface area (Å²) >= 11 is 0. The van der Waals surface area contributed by atoms with Crippen LogP contribution in [0.3, 0.4) is 0 Å². The second kappa shape index (κ2) is 9.14. The van der Waals surface area contributed by atoms with Crippen molar-refractivity contribution in [3.63, 3.8) is 0 Å². The van der Waals surface area contributed by atoms with Crippen molar-refractivity contribution in [2.45, 2.75) is 20.8 Å². The molecule has 0 aliphatic heterocycles. The van der Waals surface area contributed by atoms with Crippen molar-refractivity contribution in [2.75, 3.05) is 0 Å². The molecule has 0 bridgehead atoms. The molecular weight excluding hydrogens is 179 g/mol. The molecule has 0 amide bonds. The monoisotopic (exact) mass is 188 g/mol. The molecule has 0 rings (SSSR count). The Balaban J connectivity index is -0.000000114. The Kier molecular flexibility index (Phi) is 14.9. The van der Waals surface area contributed by atoms with Gasteiger partial charge in [0.25, 0.3) is 0 Å². The average Bonchev–Trinajstić information content (AvgIpc) is 1.63. The minimum absolute atomic E-state index is 0. The van der Waals surface area contributed by atoms with Gasteiger partial charge in [0, 0.05) is 0 Å². The molecule has 0 heterocycles. The van der Waals surface area contributed by atoms with Gasteiger partial charge in [0.15, 0.2) is 0 Å². The molecule has 0 aliphatic rings. The predicted molar refractivity (Wildman–Crippen MR) is 35.7 cm³/mol. The fraction of sp³-hybridized carbons (Fsp3) is 0.667. The van der Waals surface area contributed by atoms with E-state index in [2.05, 4.69) is 5.92 Å². The average molecular weight is 188 g/mol. The molecule has 0 radical (unpaired) electrons. The Morgan fingerprint density at radius 3 is 1.27 bits per heavy atom. The summed E-state index contributed by atoms with van der Waals surface area (Å²) in [6, 6.07) is 0. The van der Waals surface area contributed by atoms with Gasteiger partial charge >= 0.3 is 58.9 Å². The van der Waals surface area contributed by atoms with Crippen LogP contribution in [0.25, 0.3) is 0 Å². The second-order valence-corrected chi connectivity index (χ2v) is 2.62. The van der Waals surface area contributed by atoms with Crippen LogP contribution in [0.1, 0.15) is 20.8 Å². The SMILES string of the molecule is FB(F)F.[C-]#CC(C)(C)C.[K+]. The summed E-state index contributed by atoms with van der Waals surface area (Å²) in [7, 11) is -3.67. The van der Waals surface area contributed by atoms with E-state index in [1.165, 1.54) is 0 Å². The first kappa shape index (κ1) is 18.0. The molecule has 5 heteroatoms. The molecule has 0 fully saturated rings. The molecule has 0 unspecified atom stereocenters. The van der Waals surface area contributed by atoms with Gasteiger partial charge in [-0.15, -0.1) is 0 Å². The summed E-state index contributed by atoms with van der Waals surface area (Å²) in [5, 5.41) is 0. The molecule has 0 saturated carbocycles. The molecule has 0 aromatic heterocycles. The van der Waals surface area contributed by atoms with E-state index < -0.39 is 7.54 Å². The summed E-state index contributed by atoms with van der Waals surface area (Å²) in [6.45, 7) is 5.83. The molecule has 11 heavy (non-hydrogen) atoms. The van der Waals surface area contributed by atoms with Crippen molar-refractivity contribution < 1.29 is 64.3 Å². The summed E-state index contributed by atoms with van der Waals surface area (Å²) in [4.78, 5) is 0. The molecule has 0 atom stereocenters. The van der Waals surface area contributed by atoms with Crippen LogP contribution in [0.4, 0.5) is 12.9 Å². The van der Waals surface area contributed by atoms with E-state index in [9.17, 15) is 12.9 Å². The van der Waals surface area contributed by atoms with Crippen LogP contribution in [0.2, 0.25) is 0 Å². The van der Waals surface area contributed by atoms with Gasteiger partial charge < -0.3 is 12.3 Å². The fourth-order valence-electron chi connectivity index (χ4n) is 0. The zero-order chi connectivity index (χ0) is 8.78. The smallest absolute Gasteiger partial charge is 0.693 e. The number of rotatable bonds is 0. The minimum Gasteiger partial charge on any atom is -0.693 e. The number of hydrogen-bond acceptors (Lipinski definition) is 0. The van der Waals surface area contributed by atoms with E-state index >= 15 is 0 Å². The fourth-order valence-corrected chi connectivity index (χ4v) is 0. The Bertz CT molecular complexity index is 111. The summed E-state index contributed by atoms with van der Waals surface area (Å²) in [5.41, 5.74) is -0.0417. The molecule has 0 nitrogen and oxygen atoms in total. The first-order chi connectivity index (χ1) is 4.29. The zero-order valence-corrected chi connectivity index (χ0v) is 10.3. The first-order valence-electron chi connectivity index (χ1n) is 2.65. The van der Waals surface area contributed by atoms with Crippen molar-refractivity contribution in [2.24, 2.45) is 5.41 Å². The van der Waals surface area contributed by atoms with E-state index in [-0.39, 0.29) is 56.8 Å². The van der Waals surface area contributed by atoms with E-state index in [0.717, 1.165) is 0 Å². The Morgan fingerprint density at radius 2 is 1.27 bits per heavy atom. The zero-order valence-electron chi connectivity index (χ0n) is 7.21. The topological polar surface area (TPSA) is 0 Å². The van der Waals surface area contributed by atoms with Gasteiger partial charge in [0.05, 0.1) is 0 Å². The van der Waals surface area contributed by atoms with Crippen molar-refractivity contribution in [1.29, 1.82) is 0 Å². The third-order valence-corrected chi connectivity index (χ3v) is 0.375. The maximum atomic E-state index is 9.67. The van der Waals surface area contributed by atoms with Crippen molar-refractivity contribution in [1.82, 2.24) is 0 Å². The maximum absolute atomic E-state index is 9.67. The molecule has 0 aromatic carbocycles. The molecule has 0 saturated heterocycles. The number of halogens is 3. The van der Waals surface area contributed by atoms with Gasteiger partial charge in [0.1, 0.15) is 0 Å². The van der Waals surface area contributed by atoms with E-state index in [1.54, 1.807) is 0 Å². The quantitative estimate of drug-likeness (QED) is 0.273. The third kappa shape index (κ3) is 55.2. The van der Waals surface area contributed by atoms with Crippen LogP contribution < -0.4 is 51.4 Å². The second-order valence-electron chi connectivity index (χ2n) is 2.62. The molecule has 0 aliphatic carbocycles. The van der Waals surface area contributed by atoms with Gasteiger partial charge in [-0.2, -0.15) is 0 Å². The molecule has 0 N–H and O–H groups in total. The Morgan fingerprint density at radius 1 is 1.18 bits per heavy atom. The Labute approximate surface area is 109 Å². The molecular formula is C6H9BF3K. The largest absolute Gasteiger partial charge is 1.00 e. The van der Waals surface area contributed by atoms with Crippen LogP contribution >= 0.6 is 0 Å². The molecule has 58 valence electrons. The van der Waals surface area contributed by atoms with Crippen LogP contribution in [0.5, 0.6) is 0 Å². The van der Waals surface area contributed by atoms with Gasteiger partial charge in [-0.1, -0.05) is 20.8 Å².